The molecule has 1 aromatic rings. The Bertz CT molecular complexity index is 590. The van der Waals surface area contributed by atoms with Crippen LogP contribution in [-0.2, 0) is 10.2 Å². The molecule has 0 spiro atoms. The first-order valence-corrected chi connectivity index (χ1v) is 9.76. The zero-order chi connectivity index (χ0) is 19.4. The first-order valence-electron chi connectivity index (χ1n) is 9.76. The van der Waals surface area contributed by atoms with Crippen molar-refractivity contribution in [2.24, 2.45) is 5.92 Å². The molecule has 0 unspecified atom stereocenters. The molecule has 1 fully saturated rings. The molecular formula is C22H35NO3. The largest absolute Gasteiger partial charge is 0.493 e. The number of ether oxygens (including phenoxy) is 2. The van der Waals surface area contributed by atoms with Crippen LogP contribution in [0.25, 0.3) is 0 Å². The highest BCUT2D eigenvalue weighted by Crippen LogP contribution is 2.31. The van der Waals surface area contributed by atoms with Gasteiger partial charge < -0.3 is 14.4 Å². The first-order chi connectivity index (χ1) is 12.1. The number of likely N-dealkylation sites (tertiary alicyclic amines) is 1. The second kappa shape index (κ2) is 8.32. The Kier molecular flexibility index (Phi) is 6.59. The Morgan fingerprint density at radius 1 is 1.08 bits per heavy atom. The highest BCUT2D eigenvalue weighted by atomic mass is 16.6. The lowest BCUT2D eigenvalue weighted by molar-refractivity contribution is 0.0177. The van der Waals surface area contributed by atoms with Gasteiger partial charge in [-0.2, -0.15) is 0 Å². The van der Waals surface area contributed by atoms with Crippen LogP contribution in [0, 0.1) is 5.92 Å². The van der Waals surface area contributed by atoms with E-state index in [-0.39, 0.29) is 11.5 Å². The van der Waals surface area contributed by atoms with Gasteiger partial charge in [-0.15, -0.1) is 0 Å². The van der Waals surface area contributed by atoms with E-state index in [1.807, 2.05) is 31.7 Å². The molecule has 1 aromatic carbocycles. The average molecular weight is 362 g/mol. The summed E-state index contributed by atoms with van der Waals surface area (Å²) in [5.41, 5.74) is 0.900. The van der Waals surface area contributed by atoms with Crippen molar-refractivity contribution >= 4 is 6.09 Å². The maximum absolute atomic E-state index is 12.1. The molecule has 0 atom stereocenters. The minimum Gasteiger partial charge on any atom is -0.493 e. The second-order valence-corrected chi connectivity index (χ2v) is 9.29. The number of hydrogen-bond donors (Lipinski definition) is 0. The van der Waals surface area contributed by atoms with Crippen molar-refractivity contribution in [1.82, 2.24) is 4.90 Å². The normalized spacial score (nSPS) is 16.5. The number of benzene rings is 1. The van der Waals surface area contributed by atoms with Gasteiger partial charge in [0, 0.05) is 13.1 Å². The van der Waals surface area contributed by atoms with Gasteiger partial charge in [-0.3, -0.25) is 0 Å². The van der Waals surface area contributed by atoms with Gasteiger partial charge in [0.25, 0.3) is 0 Å². The maximum atomic E-state index is 12.1. The van der Waals surface area contributed by atoms with E-state index in [0.29, 0.717) is 5.92 Å². The zero-order valence-corrected chi connectivity index (χ0v) is 17.3. The number of amides is 1. The molecule has 26 heavy (non-hydrogen) atoms. The summed E-state index contributed by atoms with van der Waals surface area (Å²) in [6.07, 6.45) is 2.87. The zero-order valence-electron chi connectivity index (χ0n) is 17.3. The van der Waals surface area contributed by atoms with E-state index in [2.05, 4.69) is 39.0 Å². The number of rotatable bonds is 4. The van der Waals surface area contributed by atoms with E-state index in [1.54, 1.807) is 0 Å². The predicted octanol–water partition coefficient (Wildman–Crippen LogP) is 5.40. The van der Waals surface area contributed by atoms with E-state index in [1.165, 1.54) is 5.56 Å². The van der Waals surface area contributed by atoms with Crippen LogP contribution >= 0.6 is 0 Å². The lowest BCUT2D eigenvalue weighted by Crippen LogP contribution is -2.41. The summed E-state index contributed by atoms with van der Waals surface area (Å²) in [6, 6.07) is 8.31. The van der Waals surface area contributed by atoms with Crippen molar-refractivity contribution in [3.63, 3.8) is 0 Å². The van der Waals surface area contributed by atoms with Crippen LogP contribution in [0.4, 0.5) is 4.79 Å². The molecule has 146 valence electrons. The van der Waals surface area contributed by atoms with Crippen molar-refractivity contribution in [1.29, 1.82) is 0 Å². The smallest absolute Gasteiger partial charge is 0.410 e. The molecule has 1 aliphatic heterocycles. The van der Waals surface area contributed by atoms with E-state index in [4.69, 9.17) is 9.47 Å². The molecule has 1 amide bonds. The number of nitrogens with zero attached hydrogens (tertiary/aromatic N) is 1. The number of carbonyl (C=O) groups is 1. The fourth-order valence-electron chi connectivity index (χ4n) is 3.28. The van der Waals surface area contributed by atoms with Crippen molar-refractivity contribution in [3.8, 4) is 5.75 Å². The van der Waals surface area contributed by atoms with Gasteiger partial charge in [0.05, 0.1) is 6.61 Å². The molecule has 1 saturated heterocycles. The van der Waals surface area contributed by atoms with Gasteiger partial charge in [-0.1, -0.05) is 39.0 Å². The molecule has 4 nitrogen and oxygen atoms in total. The van der Waals surface area contributed by atoms with Gasteiger partial charge in [0.1, 0.15) is 11.4 Å². The standard InChI is InChI=1S/C22H35NO3/c1-21(2,3)18-9-7-8-10-19(18)25-16-13-17-11-14-23(15-12-17)20(24)26-22(4,5)6/h7-10,17H,11-16H2,1-6H3. The molecule has 0 bridgehead atoms. The summed E-state index contributed by atoms with van der Waals surface area (Å²) in [5.74, 6) is 1.60. The van der Waals surface area contributed by atoms with Crippen molar-refractivity contribution < 1.29 is 14.3 Å². The Morgan fingerprint density at radius 2 is 1.69 bits per heavy atom. The van der Waals surface area contributed by atoms with Crippen molar-refractivity contribution in [2.45, 2.75) is 71.8 Å². The van der Waals surface area contributed by atoms with Crippen molar-refractivity contribution in [2.75, 3.05) is 19.7 Å². The van der Waals surface area contributed by atoms with Gasteiger partial charge in [-0.25, -0.2) is 4.79 Å². The average Bonchev–Trinajstić information content (AvgIpc) is 2.53. The Labute approximate surface area is 158 Å². The van der Waals surface area contributed by atoms with Crippen LogP contribution in [-0.4, -0.2) is 36.3 Å². The molecule has 1 aliphatic rings. The molecule has 2 rings (SSSR count). The van der Waals surface area contributed by atoms with Crippen molar-refractivity contribution in [3.05, 3.63) is 29.8 Å². The third kappa shape index (κ3) is 6.22. The predicted molar refractivity (Wildman–Crippen MR) is 106 cm³/mol. The number of para-hydroxylation sites is 1. The van der Waals surface area contributed by atoms with Crippen LogP contribution in [0.1, 0.15) is 66.4 Å². The summed E-state index contributed by atoms with van der Waals surface area (Å²) in [7, 11) is 0. The van der Waals surface area contributed by atoms with Gasteiger partial charge in [-0.05, 0) is 63.0 Å². The molecule has 0 saturated carbocycles. The Morgan fingerprint density at radius 3 is 2.27 bits per heavy atom. The molecule has 0 N–H and O–H groups in total. The molecule has 0 radical (unpaired) electrons. The quantitative estimate of drug-likeness (QED) is 0.721. The van der Waals surface area contributed by atoms with E-state index >= 15 is 0 Å². The molecule has 0 aromatic heterocycles. The first kappa shape index (κ1) is 20.6. The van der Waals surface area contributed by atoms with Gasteiger partial charge in [0.15, 0.2) is 0 Å². The summed E-state index contributed by atoms with van der Waals surface area (Å²) >= 11 is 0. The SMILES string of the molecule is CC(C)(C)OC(=O)N1CCC(CCOc2ccccc2C(C)(C)C)CC1. The topological polar surface area (TPSA) is 38.8 Å². The fraction of sp³-hybridized carbons (Fsp3) is 0.682. The summed E-state index contributed by atoms with van der Waals surface area (Å²) in [6.45, 7) is 14.6. The minimum absolute atomic E-state index is 0.0787. The summed E-state index contributed by atoms with van der Waals surface area (Å²) in [4.78, 5) is 14.0. The number of piperidine rings is 1. The number of carbonyl (C=O) groups excluding carboxylic acids is 1. The molecule has 1 heterocycles. The third-order valence-electron chi connectivity index (χ3n) is 4.74. The van der Waals surface area contributed by atoms with Gasteiger partial charge in [0.2, 0.25) is 0 Å². The highest BCUT2D eigenvalue weighted by molar-refractivity contribution is 5.68. The van der Waals surface area contributed by atoms with Crippen LogP contribution in [0.15, 0.2) is 24.3 Å². The Hall–Kier alpha value is -1.71. The monoisotopic (exact) mass is 361 g/mol. The van der Waals surface area contributed by atoms with Crippen LogP contribution < -0.4 is 4.74 Å². The van der Waals surface area contributed by atoms with Crippen LogP contribution in [0.3, 0.4) is 0 Å². The molecular weight excluding hydrogens is 326 g/mol. The van der Waals surface area contributed by atoms with Gasteiger partial charge >= 0.3 is 6.09 Å². The Balaban J connectivity index is 1.77. The van der Waals surface area contributed by atoms with E-state index < -0.39 is 5.60 Å². The lowest BCUT2D eigenvalue weighted by atomic mass is 9.86. The fourth-order valence-corrected chi connectivity index (χ4v) is 3.28. The highest BCUT2D eigenvalue weighted by Gasteiger charge is 2.27. The second-order valence-electron chi connectivity index (χ2n) is 9.29. The van der Waals surface area contributed by atoms with Crippen LogP contribution in [0.5, 0.6) is 5.75 Å². The van der Waals surface area contributed by atoms with Crippen LogP contribution in [0.2, 0.25) is 0 Å². The minimum atomic E-state index is -0.428. The van der Waals surface area contributed by atoms with E-state index in [0.717, 1.165) is 44.7 Å². The summed E-state index contributed by atoms with van der Waals surface area (Å²) < 4.78 is 11.6. The van der Waals surface area contributed by atoms with E-state index in [9.17, 15) is 4.79 Å². The number of hydrogen-bond acceptors (Lipinski definition) is 3. The maximum Gasteiger partial charge on any atom is 0.410 e. The summed E-state index contributed by atoms with van der Waals surface area (Å²) in [5, 5.41) is 0. The molecule has 4 heteroatoms. The third-order valence-corrected chi connectivity index (χ3v) is 4.74. The molecule has 0 aliphatic carbocycles. The lowest BCUT2D eigenvalue weighted by Gasteiger charge is -2.33.